The van der Waals surface area contributed by atoms with Gasteiger partial charge in [-0.15, -0.1) is 0 Å². The maximum absolute atomic E-state index is 11.7. The van der Waals surface area contributed by atoms with Crippen LogP contribution >= 0.6 is 0 Å². The highest BCUT2D eigenvalue weighted by Crippen LogP contribution is 2.16. The number of ether oxygens (including phenoxy) is 1. The molecule has 1 fully saturated rings. The third-order valence-electron chi connectivity index (χ3n) is 3.13. The van der Waals surface area contributed by atoms with Crippen molar-refractivity contribution < 1.29 is 4.74 Å². The molecule has 0 aromatic carbocycles. The van der Waals surface area contributed by atoms with Gasteiger partial charge in [0.15, 0.2) is 0 Å². The Morgan fingerprint density at radius 3 is 3.12 bits per heavy atom. The fourth-order valence-electron chi connectivity index (χ4n) is 2.02. The third kappa shape index (κ3) is 2.51. The highest BCUT2D eigenvalue weighted by Gasteiger charge is 2.23. The Bertz CT molecular complexity index is 408. The number of rotatable bonds is 3. The largest absolute Gasteiger partial charge is 0.381 e. The normalized spacial score (nSPS) is 22.2. The van der Waals surface area contributed by atoms with Crippen LogP contribution in [0.5, 0.6) is 0 Å². The van der Waals surface area contributed by atoms with Crippen LogP contribution in [0, 0.1) is 12.8 Å². The Hall–Kier alpha value is -1.13. The van der Waals surface area contributed by atoms with Crippen molar-refractivity contribution in [1.82, 2.24) is 4.57 Å². The molecule has 88 valence electrons. The van der Waals surface area contributed by atoms with E-state index >= 15 is 0 Å². The van der Waals surface area contributed by atoms with Gasteiger partial charge < -0.3 is 15.0 Å². The topological polar surface area (TPSA) is 57.2 Å². The second-order valence-corrected chi connectivity index (χ2v) is 4.48. The van der Waals surface area contributed by atoms with E-state index < -0.39 is 0 Å². The molecule has 1 aromatic rings. The molecule has 2 unspecified atom stereocenters. The SMILES string of the molecule is Cc1ccn(CC(N)C2CCOC2)c(=O)c1. The first kappa shape index (κ1) is 11.4. The molecule has 2 N–H and O–H groups in total. The average Bonchev–Trinajstić information content (AvgIpc) is 2.75. The van der Waals surface area contributed by atoms with Gasteiger partial charge in [-0.25, -0.2) is 0 Å². The van der Waals surface area contributed by atoms with E-state index in [9.17, 15) is 4.79 Å². The molecule has 1 aromatic heterocycles. The van der Waals surface area contributed by atoms with Gasteiger partial charge in [0.2, 0.25) is 0 Å². The van der Waals surface area contributed by atoms with E-state index in [0.717, 1.165) is 25.2 Å². The smallest absolute Gasteiger partial charge is 0.250 e. The van der Waals surface area contributed by atoms with E-state index in [2.05, 4.69) is 0 Å². The maximum atomic E-state index is 11.7. The number of nitrogens with two attached hydrogens (primary N) is 1. The summed E-state index contributed by atoms with van der Waals surface area (Å²) >= 11 is 0. The fraction of sp³-hybridized carbons (Fsp3) is 0.583. The summed E-state index contributed by atoms with van der Waals surface area (Å²) in [7, 11) is 0. The van der Waals surface area contributed by atoms with E-state index in [4.69, 9.17) is 10.5 Å². The van der Waals surface area contributed by atoms with E-state index in [1.54, 1.807) is 10.6 Å². The van der Waals surface area contributed by atoms with Gasteiger partial charge in [-0.2, -0.15) is 0 Å². The molecule has 0 aliphatic carbocycles. The Labute approximate surface area is 95.0 Å². The lowest BCUT2D eigenvalue weighted by atomic mass is 10.00. The van der Waals surface area contributed by atoms with Crippen molar-refractivity contribution in [3.8, 4) is 0 Å². The van der Waals surface area contributed by atoms with Crippen LogP contribution < -0.4 is 11.3 Å². The van der Waals surface area contributed by atoms with Gasteiger partial charge in [-0.3, -0.25) is 4.79 Å². The van der Waals surface area contributed by atoms with Crippen molar-refractivity contribution >= 4 is 0 Å². The summed E-state index contributed by atoms with van der Waals surface area (Å²) in [6.45, 7) is 4.01. The fourth-order valence-corrected chi connectivity index (χ4v) is 2.02. The molecule has 4 heteroatoms. The molecule has 0 amide bonds. The number of aromatic nitrogens is 1. The van der Waals surface area contributed by atoms with Crippen molar-refractivity contribution in [2.24, 2.45) is 11.7 Å². The quantitative estimate of drug-likeness (QED) is 0.811. The van der Waals surface area contributed by atoms with Crippen molar-refractivity contribution in [2.45, 2.75) is 25.9 Å². The van der Waals surface area contributed by atoms with E-state index in [0.29, 0.717) is 12.5 Å². The minimum atomic E-state index is 0.00269. The summed E-state index contributed by atoms with van der Waals surface area (Å²) in [6, 6.07) is 3.57. The number of hydrogen-bond donors (Lipinski definition) is 1. The zero-order chi connectivity index (χ0) is 11.5. The molecule has 2 atom stereocenters. The molecule has 2 heterocycles. The van der Waals surface area contributed by atoms with Gasteiger partial charge in [0.25, 0.3) is 5.56 Å². The second-order valence-electron chi connectivity index (χ2n) is 4.48. The van der Waals surface area contributed by atoms with E-state index in [-0.39, 0.29) is 11.6 Å². The van der Waals surface area contributed by atoms with E-state index in [1.165, 1.54) is 0 Å². The standard InChI is InChI=1S/C12H18N2O2/c1-9-2-4-14(12(15)6-9)7-11(13)10-3-5-16-8-10/h2,4,6,10-11H,3,5,7-8,13H2,1H3. The molecule has 0 spiro atoms. The monoisotopic (exact) mass is 222 g/mol. The van der Waals surface area contributed by atoms with Crippen molar-refractivity contribution in [3.05, 3.63) is 34.2 Å². The van der Waals surface area contributed by atoms with Crippen LogP contribution in [0.4, 0.5) is 0 Å². The van der Waals surface area contributed by atoms with Gasteiger partial charge in [-0.05, 0) is 25.0 Å². The van der Waals surface area contributed by atoms with Crippen molar-refractivity contribution in [3.63, 3.8) is 0 Å². The Morgan fingerprint density at radius 2 is 2.50 bits per heavy atom. The summed E-state index contributed by atoms with van der Waals surface area (Å²) in [4.78, 5) is 11.7. The first-order valence-electron chi connectivity index (χ1n) is 5.67. The minimum absolute atomic E-state index is 0.00269. The van der Waals surface area contributed by atoms with Crippen LogP contribution in [0.3, 0.4) is 0 Å². The summed E-state index contributed by atoms with van der Waals surface area (Å²) in [5.41, 5.74) is 7.09. The minimum Gasteiger partial charge on any atom is -0.381 e. The average molecular weight is 222 g/mol. The van der Waals surface area contributed by atoms with Gasteiger partial charge in [0, 0.05) is 37.4 Å². The van der Waals surface area contributed by atoms with Crippen LogP contribution in [0.1, 0.15) is 12.0 Å². The molecule has 2 rings (SSSR count). The van der Waals surface area contributed by atoms with Crippen LogP contribution in [0.25, 0.3) is 0 Å². The predicted molar refractivity (Wildman–Crippen MR) is 62.3 cm³/mol. The predicted octanol–water partition coefficient (Wildman–Crippen LogP) is 0.521. The van der Waals surface area contributed by atoms with Gasteiger partial charge >= 0.3 is 0 Å². The number of aryl methyl sites for hydroxylation is 1. The Kier molecular flexibility index (Phi) is 3.41. The molecule has 16 heavy (non-hydrogen) atoms. The molecule has 1 aliphatic heterocycles. The van der Waals surface area contributed by atoms with Crippen LogP contribution in [0.2, 0.25) is 0 Å². The maximum Gasteiger partial charge on any atom is 0.250 e. The number of nitrogens with zero attached hydrogens (tertiary/aromatic N) is 1. The summed E-state index contributed by atoms with van der Waals surface area (Å²) in [6.07, 6.45) is 2.81. The molecule has 1 saturated heterocycles. The van der Waals surface area contributed by atoms with Gasteiger partial charge in [-0.1, -0.05) is 0 Å². The third-order valence-corrected chi connectivity index (χ3v) is 3.13. The summed E-state index contributed by atoms with van der Waals surface area (Å²) < 4.78 is 6.97. The molecule has 0 radical (unpaired) electrons. The molecular weight excluding hydrogens is 204 g/mol. The lowest BCUT2D eigenvalue weighted by Gasteiger charge is -2.18. The first-order valence-corrected chi connectivity index (χ1v) is 5.67. The zero-order valence-electron chi connectivity index (χ0n) is 9.56. The van der Waals surface area contributed by atoms with Crippen molar-refractivity contribution in [2.75, 3.05) is 13.2 Å². The highest BCUT2D eigenvalue weighted by atomic mass is 16.5. The lowest BCUT2D eigenvalue weighted by Crippen LogP contribution is -2.37. The molecular formula is C12H18N2O2. The van der Waals surface area contributed by atoms with Crippen LogP contribution in [-0.2, 0) is 11.3 Å². The molecule has 4 nitrogen and oxygen atoms in total. The Morgan fingerprint density at radius 1 is 1.69 bits per heavy atom. The molecule has 0 bridgehead atoms. The Balaban J connectivity index is 2.05. The van der Waals surface area contributed by atoms with Crippen LogP contribution in [-0.4, -0.2) is 23.8 Å². The highest BCUT2D eigenvalue weighted by molar-refractivity contribution is 5.08. The number of hydrogen-bond acceptors (Lipinski definition) is 3. The zero-order valence-corrected chi connectivity index (χ0v) is 9.56. The number of pyridine rings is 1. The first-order chi connectivity index (χ1) is 7.66. The van der Waals surface area contributed by atoms with Gasteiger partial charge in [0.1, 0.15) is 0 Å². The lowest BCUT2D eigenvalue weighted by molar-refractivity contribution is 0.178. The molecule has 1 aliphatic rings. The summed E-state index contributed by atoms with van der Waals surface area (Å²) in [5.74, 6) is 0.383. The second kappa shape index (κ2) is 4.80. The van der Waals surface area contributed by atoms with E-state index in [1.807, 2.05) is 19.2 Å². The van der Waals surface area contributed by atoms with Crippen molar-refractivity contribution in [1.29, 1.82) is 0 Å². The summed E-state index contributed by atoms with van der Waals surface area (Å²) in [5, 5.41) is 0. The van der Waals surface area contributed by atoms with Crippen LogP contribution in [0.15, 0.2) is 23.1 Å². The van der Waals surface area contributed by atoms with Gasteiger partial charge in [0.05, 0.1) is 6.61 Å². The molecule has 0 saturated carbocycles.